The van der Waals surface area contributed by atoms with Gasteiger partial charge >= 0.3 is 0 Å². The van der Waals surface area contributed by atoms with E-state index in [4.69, 9.17) is 33.2 Å². The summed E-state index contributed by atoms with van der Waals surface area (Å²) in [6, 6.07) is 4.81. The Bertz CT molecular complexity index is 2530. The second-order valence-corrected chi connectivity index (χ2v) is 17.2. The third kappa shape index (κ3) is 3.37. The van der Waals surface area contributed by atoms with E-state index in [1.165, 1.54) is 80.4 Å². The van der Waals surface area contributed by atoms with Crippen LogP contribution in [0.5, 0.6) is 0 Å². The molecule has 0 saturated carbocycles. The quantitative estimate of drug-likeness (QED) is 0.231. The van der Waals surface area contributed by atoms with Gasteiger partial charge in [-0.3, -0.25) is 0 Å². The van der Waals surface area contributed by atoms with Gasteiger partial charge in [0.05, 0.1) is 38.3 Å². The topological polar surface area (TPSA) is 57.4 Å². The van der Waals surface area contributed by atoms with Gasteiger partial charge in [0.2, 0.25) is 0 Å². The van der Waals surface area contributed by atoms with Crippen LogP contribution in [0, 0.1) is 23.7 Å². The first-order valence-electron chi connectivity index (χ1n) is 19.0. The van der Waals surface area contributed by atoms with E-state index in [2.05, 4.69) is 70.7 Å². The molecule has 12 aliphatic carbocycles. The molecular weight excluding hydrogens is 655 g/mol. The highest BCUT2D eigenvalue weighted by Gasteiger charge is 2.43. The molecule has 17 rings (SSSR count). The largest absolute Gasteiger partial charge is 0.355 e. The molecule has 2 N–H and O–H groups in total. The number of H-pyrrole nitrogens is 2. The number of hydrogen-bond donors (Lipinski definition) is 2. The van der Waals surface area contributed by atoms with E-state index < -0.39 is 0 Å². The lowest BCUT2D eigenvalue weighted by Gasteiger charge is -2.34. The molecule has 6 heteroatoms. The Kier molecular flexibility index (Phi) is 5.29. The van der Waals surface area contributed by atoms with Gasteiger partial charge in [0, 0.05) is 63.9 Å². The Labute approximate surface area is 300 Å². The smallest absolute Gasteiger partial charge is 0.0925 e. The SMILES string of the molecule is Clc1c2nc(cc3[nH]c(cc4[nH]c(c(Cl)c5nc1C1=C5C5C=CC1CC5)c1c4C4C=CC1CC4)c1c3C3C=CC1CC3)C1=C2C2C=CC1CC2. The molecule has 0 saturated heterocycles. The highest BCUT2D eigenvalue weighted by atomic mass is 35.5. The average Bonchev–Trinajstić information content (AvgIpc) is 3.97. The number of nitrogens with one attached hydrogen (secondary N) is 2. The Morgan fingerprint density at radius 3 is 1.38 bits per heavy atom. The van der Waals surface area contributed by atoms with E-state index in [0.29, 0.717) is 52.4 Å². The number of allylic oxidation sites excluding steroid dienone is 12. The fourth-order valence-corrected chi connectivity index (χ4v) is 12.6. The molecule has 3 aromatic heterocycles. The number of fused-ring (bicyclic) bond motifs is 12. The van der Waals surface area contributed by atoms with Gasteiger partial charge in [-0.1, -0.05) is 71.8 Å². The van der Waals surface area contributed by atoms with Crippen molar-refractivity contribution in [3.63, 3.8) is 0 Å². The van der Waals surface area contributed by atoms with Crippen LogP contribution in [0.1, 0.15) is 120 Å². The van der Waals surface area contributed by atoms with Crippen LogP contribution >= 0.6 is 23.2 Å². The van der Waals surface area contributed by atoms with Gasteiger partial charge in [-0.05, 0) is 108 Å². The van der Waals surface area contributed by atoms with E-state index in [1.807, 2.05) is 0 Å². The van der Waals surface area contributed by atoms with Crippen LogP contribution in [-0.4, -0.2) is 19.9 Å². The highest BCUT2D eigenvalue weighted by Crippen LogP contribution is 2.58. The minimum Gasteiger partial charge on any atom is -0.355 e. The van der Waals surface area contributed by atoms with Crippen molar-refractivity contribution >= 4 is 67.6 Å². The molecule has 50 heavy (non-hydrogen) atoms. The first kappa shape index (κ1) is 27.8. The Hall–Kier alpha value is -3.86. The van der Waals surface area contributed by atoms with Crippen molar-refractivity contribution < 1.29 is 0 Å². The van der Waals surface area contributed by atoms with E-state index >= 15 is 0 Å². The number of hydrogen-bond acceptors (Lipinski definition) is 2. The molecule has 3 aromatic rings. The average molecular weight is 692 g/mol. The number of aromatic amines is 2. The summed E-state index contributed by atoms with van der Waals surface area (Å²) in [5, 5.41) is 1.44. The third-order valence-corrected chi connectivity index (χ3v) is 14.9. The van der Waals surface area contributed by atoms with Gasteiger partial charge in [-0.15, -0.1) is 0 Å². The van der Waals surface area contributed by atoms with Crippen molar-refractivity contribution in [1.82, 2.24) is 19.9 Å². The summed E-state index contributed by atoms with van der Waals surface area (Å²) in [7, 11) is 0. The van der Waals surface area contributed by atoms with Gasteiger partial charge in [0.1, 0.15) is 0 Å². The molecule has 246 valence electrons. The maximum Gasteiger partial charge on any atom is 0.0925 e. The number of nitrogens with zero attached hydrogens (tertiary/aromatic N) is 2. The number of halogens is 2. The molecule has 0 aromatic carbocycles. The van der Waals surface area contributed by atoms with Crippen molar-refractivity contribution in [1.29, 1.82) is 0 Å². The lowest BCUT2D eigenvalue weighted by Crippen LogP contribution is -2.19. The molecule has 2 aliphatic heterocycles. The van der Waals surface area contributed by atoms with E-state index in [9.17, 15) is 0 Å². The van der Waals surface area contributed by atoms with Crippen molar-refractivity contribution in [2.24, 2.45) is 23.7 Å². The summed E-state index contributed by atoms with van der Waals surface area (Å²) in [5.41, 5.74) is 19.5. The van der Waals surface area contributed by atoms with Crippen molar-refractivity contribution in [2.45, 2.75) is 75.0 Å². The zero-order valence-corrected chi connectivity index (χ0v) is 29.2. The predicted molar refractivity (Wildman–Crippen MR) is 203 cm³/mol. The summed E-state index contributed by atoms with van der Waals surface area (Å²) in [6.07, 6.45) is 28.7. The first-order valence-corrected chi connectivity index (χ1v) is 19.8. The van der Waals surface area contributed by atoms with Crippen LogP contribution < -0.4 is 0 Å². The standard InChI is InChI=1S/C44H36Cl2N4/c45-39-41-35-23-9-5-21(6-10-23)33(35)29(48-41)17-27-31-19-1-2-20(4-3-19)32(31)28(47-27)18-30-34-22-7-11-24(12-8-22)36(34)42(49-30)40(46)44-38-26-15-13-25(14-16-26)37(38)43(39)50-44/h1-2,5,7,9,11,13,15,17-26,47-48H,3-4,6,8,10,12,14,16H2. The Morgan fingerprint density at radius 2 is 0.820 bits per heavy atom. The van der Waals surface area contributed by atoms with Gasteiger partial charge in [0.15, 0.2) is 0 Å². The zero-order valence-electron chi connectivity index (χ0n) is 27.7. The molecule has 8 atom stereocenters. The molecule has 16 bridgehead atoms. The number of rotatable bonds is 0. The van der Waals surface area contributed by atoms with Gasteiger partial charge in [-0.2, -0.15) is 0 Å². The van der Waals surface area contributed by atoms with Crippen LogP contribution in [0.15, 0.2) is 60.7 Å². The Morgan fingerprint density at radius 1 is 0.420 bits per heavy atom. The third-order valence-electron chi connectivity index (χ3n) is 14.2. The van der Waals surface area contributed by atoms with Crippen molar-refractivity contribution in [2.75, 3.05) is 0 Å². The summed E-state index contributed by atoms with van der Waals surface area (Å²) < 4.78 is 0. The molecule has 8 unspecified atom stereocenters. The lowest BCUT2D eigenvalue weighted by molar-refractivity contribution is 0.557. The number of aromatic nitrogens is 4. The van der Waals surface area contributed by atoms with Crippen LogP contribution in [-0.2, 0) is 0 Å². The normalized spacial score (nSPS) is 32.7. The van der Waals surface area contributed by atoms with Crippen molar-refractivity contribution in [3.05, 3.63) is 116 Å². The molecule has 4 nitrogen and oxygen atoms in total. The molecule has 0 radical (unpaired) electrons. The summed E-state index contributed by atoms with van der Waals surface area (Å²) in [4.78, 5) is 19.0. The molecule has 0 amide bonds. The van der Waals surface area contributed by atoms with Gasteiger partial charge in [-0.25, -0.2) is 9.97 Å². The minimum atomic E-state index is 0.298. The lowest BCUT2D eigenvalue weighted by atomic mass is 9.69. The maximum atomic E-state index is 7.75. The summed E-state index contributed by atoms with van der Waals surface area (Å²) >= 11 is 15.5. The predicted octanol–water partition coefficient (Wildman–Crippen LogP) is 11.7. The fraction of sp³-hybridized carbons (Fsp3) is 0.364. The van der Waals surface area contributed by atoms with E-state index in [-0.39, 0.29) is 0 Å². The molecule has 0 spiro atoms. The maximum absolute atomic E-state index is 7.75. The Balaban J connectivity index is 1.22. The van der Waals surface area contributed by atoms with Crippen LogP contribution in [0.2, 0.25) is 10.0 Å². The molecular formula is C44H36Cl2N4. The van der Waals surface area contributed by atoms with Crippen LogP contribution in [0.4, 0.5) is 0 Å². The highest BCUT2D eigenvalue weighted by molar-refractivity contribution is 6.37. The van der Waals surface area contributed by atoms with Crippen molar-refractivity contribution in [3.8, 4) is 0 Å². The molecule has 0 fully saturated rings. The van der Waals surface area contributed by atoms with E-state index in [0.717, 1.165) is 65.4 Å². The zero-order chi connectivity index (χ0) is 32.6. The summed E-state index contributed by atoms with van der Waals surface area (Å²) in [6.45, 7) is 0. The summed E-state index contributed by atoms with van der Waals surface area (Å²) in [5.74, 6) is 2.91. The second-order valence-electron chi connectivity index (χ2n) is 16.4. The molecule has 14 aliphatic rings. The van der Waals surface area contributed by atoms with Crippen LogP contribution in [0.3, 0.4) is 0 Å². The second kappa shape index (κ2) is 9.52. The van der Waals surface area contributed by atoms with Gasteiger partial charge in [0.25, 0.3) is 0 Å². The minimum absolute atomic E-state index is 0.298. The van der Waals surface area contributed by atoms with Crippen LogP contribution in [0.25, 0.3) is 44.4 Å². The van der Waals surface area contributed by atoms with Gasteiger partial charge < -0.3 is 9.97 Å². The first-order chi connectivity index (χ1) is 24.6. The van der Waals surface area contributed by atoms with E-state index in [1.54, 1.807) is 0 Å². The molecule has 5 heterocycles. The fourth-order valence-electron chi connectivity index (χ4n) is 12.1. The monoisotopic (exact) mass is 690 g/mol.